The smallest absolute Gasteiger partial charge is 0.308 e. The Morgan fingerprint density at radius 3 is 1.86 bits per heavy atom. The lowest BCUT2D eigenvalue weighted by atomic mass is 10.0. The maximum atomic E-state index is 11.3. The summed E-state index contributed by atoms with van der Waals surface area (Å²) in [7, 11) is 1.45. The van der Waals surface area contributed by atoms with Gasteiger partial charge in [-0.1, -0.05) is 45.4 Å². The summed E-state index contributed by atoms with van der Waals surface area (Å²) in [6.07, 6.45) is 14.7. The van der Waals surface area contributed by atoms with Crippen molar-refractivity contribution in [2.75, 3.05) is 7.11 Å². The van der Waals surface area contributed by atoms with Gasteiger partial charge in [-0.05, 0) is 38.5 Å². The van der Waals surface area contributed by atoms with Gasteiger partial charge in [0.25, 0.3) is 0 Å². The van der Waals surface area contributed by atoms with Gasteiger partial charge in [-0.3, -0.25) is 9.59 Å². The molecular weight excluding hydrogens is 360 g/mol. The Morgan fingerprint density at radius 2 is 1.32 bits per heavy atom. The van der Waals surface area contributed by atoms with Crippen LogP contribution in [0, 0.1) is 5.92 Å². The Labute approximate surface area is 169 Å². The van der Waals surface area contributed by atoms with E-state index in [0.717, 1.165) is 70.6 Å². The Hall–Kier alpha value is -1.14. The number of carbonyl (C=O) groups is 2. The monoisotopic (exact) mass is 398 g/mol. The van der Waals surface area contributed by atoms with Crippen LogP contribution in [0.2, 0.25) is 0 Å². The molecule has 28 heavy (non-hydrogen) atoms. The quantitative estimate of drug-likeness (QED) is 0.221. The number of rotatable bonds is 17. The number of unbranched alkanes of at least 4 members (excludes halogenated alkanes) is 5. The highest BCUT2D eigenvalue weighted by Crippen LogP contribution is 2.37. The van der Waals surface area contributed by atoms with Crippen LogP contribution >= 0.6 is 0 Å². The summed E-state index contributed by atoms with van der Waals surface area (Å²) in [6.45, 7) is 1.93. The summed E-state index contributed by atoms with van der Waals surface area (Å²) in [5.74, 6) is -0.796. The van der Waals surface area contributed by atoms with Crippen LogP contribution in [0.4, 0.5) is 0 Å². The lowest BCUT2D eigenvalue weighted by Gasteiger charge is -2.07. The highest BCUT2D eigenvalue weighted by molar-refractivity contribution is 5.71. The third-order valence-electron chi connectivity index (χ3n) is 5.97. The normalized spacial score (nSPS) is 26.6. The van der Waals surface area contributed by atoms with Crippen LogP contribution < -0.4 is 0 Å². The predicted octanol–water partition coefficient (Wildman–Crippen LogP) is 4.49. The summed E-state index contributed by atoms with van der Waals surface area (Å²) < 4.78 is 16.3. The Balaban J connectivity index is 1.36. The number of carboxylic acid groups (broad SMARTS) is 1. The second-order valence-electron chi connectivity index (χ2n) is 8.41. The van der Waals surface area contributed by atoms with Gasteiger partial charge in [-0.2, -0.15) is 0 Å². The molecule has 0 spiro atoms. The average molecular weight is 399 g/mol. The fourth-order valence-electron chi connectivity index (χ4n) is 3.97. The summed E-state index contributed by atoms with van der Waals surface area (Å²) in [5, 5.41) is 8.60. The minimum Gasteiger partial charge on any atom is -0.481 e. The van der Waals surface area contributed by atoms with Crippen molar-refractivity contribution >= 4 is 11.9 Å². The van der Waals surface area contributed by atoms with Gasteiger partial charge in [0.2, 0.25) is 0 Å². The van der Waals surface area contributed by atoms with Crippen LogP contribution in [0.5, 0.6) is 0 Å². The van der Waals surface area contributed by atoms with Gasteiger partial charge in [0.1, 0.15) is 0 Å². The highest BCUT2D eigenvalue weighted by atomic mass is 16.6. The van der Waals surface area contributed by atoms with Gasteiger partial charge in [0, 0.05) is 6.42 Å². The van der Waals surface area contributed by atoms with E-state index in [-0.39, 0.29) is 18.3 Å². The number of methoxy groups -OCH3 is 1. The van der Waals surface area contributed by atoms with E-state index in [0.29, 0.717) is 24.4 Å². The first-order chi connectivity index (χ1) is 13.5. The Bertz CT molecular complexity index is 480. The van der Waals surface area contributed by atoms with Gasteiger partial charge in [-0.15, -0.1) is 0 Å². The molecule has 0 radical (unpaired) electrons. The third kappa shape index (κ3) is 9.37. The molecule has 1 N–H and O–H groups in total. The molecule has 0 bridgehead atoms. The molecule has 2 saturated heterocycles. The molecule has 2 heterocycles. The Kier molecular flexibility index (Phi) is 10.3. The zero-order valence-corrected chi connectivity index (χ0v) is 17.6. The molecular formula is C22H38O6. The van der Waals surface area contributed by atoms with Gasteiger partial charge in [0.05, 0.1) is 37.4 Å². The van der Waals surface area contributed by atoms with Crippen LogP contribution in [-0.4, -0.2) is 48.6 Å². The van der Waals surface area contributed by atoms with Gasteiger partial charge < -0.3 is 19.3 Å². The number of epoxide rings is 2. The molecule has 2 rings (SSSR count). The highest BCUT2D eigenvalue weighted by Gasteiger charge is 2.42. The average Bonchev–Trinajstić information content (AvgIpc) is 3.58. The van der Waals surface area contributed by atoms with Crippen molar-refractivity contribution in [1.29, 1.82) is 0 Å². The first-order valence-electron chi connectivity index (χ1n) is 11.1. The van der Waals surface area contributed by atoms with E-state index in [9.17, 15) is 9.59 Å². The Morgan fingerprint density at radius 1 is 0.821 bits per heavy atom. The molecule has 162 valence electrons. The number of carboxylic acids is 1. The fourth-order valence-corrected chi connectivity index (χ4v) is 3.97. The molecule has 6 nitrogen and oxygen atoms in total. The SMILES string of the molecule is COC(=O)C(C)CCCCCC1OC1CCC1OC1CCCCCCC(=O)O. The molecule has 0 aromatic rings. The lowest BCUT2D eigenvalue weighted by Crippen LogP contribution is -2.12. The van der Waals surface area contributed by atoms with Crippen molar-refractivity contribution < 1.29 is 28.9 Å². The van der Waals surface area contributed by atoms with E-state index >= 15 is 0 Å². The van der Waals surface area contributed by atoms with Crippen molar-refractivity contribution in [2.24, 2.45) is 5.92 Å². The summed E-state index contributed by atoms with van der Waals surface area (Å²) in [4.78, 5) is 21.8. The molecule has 2 aliphatic heterocycles. The molecule has 6 heteroatoms. The second-order valence-corrected chi connectivity index (χ2v) is 8.41. The van der Waals surface area contributed by atoms with Crippen molar-refractivity contribution in [1.82, 2.24) is 0 Å². The van der Waals surface area contributed by atoms with E-state index in [2.05, 4.69) is 0 Å². The standard InChI is InChI=1S/C22H38O6/c1-16(22(25)26-2)10-6-5-8-12-18-20(28-18)15-14-19-17(27-19)11-7-3-4-9-13-21(23)24/h16-20H,3-15H2,1-2H3,(H,23,24). The van der Waals surface area contributed by atoms with Crippen LogP contribution in [0.1, 0.15) is 90.4 Å². The van der Waals surface area contributed by atoms with Crippen molar-refractivity contribution in [3.8, 4) is 0 Å². The summed E-state index contributed by atoms with van der Waals surface area (Å²) in [6, 6.07) is 0. The number of aliphatic carboxylic acids is 1. The van der Waals surface area contributed by atoms with Crippen LogP contribution in [0.25, 0.3) is 0 Å². The zero-order valence-electron chi connectivity index (χ0n) is 17.6. The molecule has 0 aromatic heterocycles. The topological polar surface area (TPSA) is 88.7 Å². The lowest BCUT2D eigenvalue weighted by molar-refractivity contribution is -0.145. The van der Waals surface area contributed by atoms with Crippen LogP contribution in [0.15, 0.2) is 0 Å². The van der Waals surface area contributed by atoms with Gasteiger partial charge in [-0.25, -0.2) is 0 Å². The minimum atomic E-state index is -0.695. The first-order valence-corrected chi connectivity index (χ1v) is 11.1. The predicted molar refractivity (Wildman–Crippen MR) is 106 cm³/mol. The first kappa shape index (κ1) is 23.1. The molecule has 0 saturated carbocycles. The third-order valence-corrected chi connectivity index (χ3v) is 5.97. The van der Waals surface area contributed by atoms with Crippen molar-refractivity contribution in [3.63, 3.8) is 0 Å². The largest absolute Gasteiger partial charge is 0.481 e. The number of carbonyl (C=O) groups excluding carboxylic acids is 1. The van der Waals surface area contributed by atoms with E-state index in [1.165, 1.54) is 13.5 Å². The summed E-state index contributed by atoms with van der Waals surface area (Å²) >= 11 is 0. The minimum absolute atomic E-state index is 0.00570. The van der Waals surface area contributed by atoms with Gasteiger partial charge >= 0.3 is 11.9 Å². The second kappa shape index (κ2) is 12.4. The molecule has 5 unspecified atom stereocenters. The van der Waals surface area contributed by atoms with Gasteiger partial charge in [0.15, 0.2) is 0 Å². The van der Waals surface area contributed by atoms with Crippen molar-refractivity contribution in [2.45, 2.75) is 115 Å². The van der Waals surface area contributed by atoms with E-state index < -0.39 is 5.97 Å². The van der Waals surface area contributed by atoms with E-state index in [1.54, 1.807) is 0 Å². The zero-order chi connectivity index (χ0) is 20.4. The van der Waals surface area contributed by atoms with E-state index in [1.807, 2.05) is 6.92 Å². The number of esters is 1. The maximum absolute atomic E-state index is 11.3. The molecule has 0 aromatic carbocycles. The molecule has 5 atom stereocenters. The van der Waals surface area contributed by atoms with Crippen LogP contribution in [-0.2, 0) is 23.8 Å². The number of ether oxygens (including phenoxy) is 3. The number of hydrogen-bond acceptors (Lipinski definition) is 5. The van der Waals surface area contributed by atoms with Crippen LogP contribution in [0.3, 0.4) is 0 Å². The van der Waals surface area contributed by atoms with Crippen molar-refractivity contribution in [3.05, 3.63) is 0 Å². The fraction of sp³-hybridized carbons (Fsp3) is 0.909. The molecule has 0 amide bonds. The van der Waals surface area contributed by atoms with E-state index in [4.69, 9.17) is 19.3 Å². The molecule has 0 aliphatic carbocycles. The molecule has 2 aliphatic rings. The maximum Gasteiger partial charge on any atom is 0.308 e. The molecule has 2 fully saturated rings. The number of hydrogen-bond donors (Lipinski definition) is 1. The summed E-state index contributed by atoms with van der Waals surface area (Å²) in [5.41, 5.74) is 0.